The van der Waals surface area contributed by atoms with Gasteiger partial charge < -0.3 is 4.90 Å². The third-order valence-corrected chi connectivity index (χ3v) is 4.48. The summed E-state index contributed by atoms with van der Waals surface area (Å²) < 4.78 is 0. The zero-order chi connectivity index (χ0) is 13.8. The van der Waals surface area contributed by atoms with E-state index < -0.39 is 0 Å². The third kappa shape index (κ3) is 3.67. The maximum absolute atomic E-state index is 12.5. The van der Waals surface area contributed by atoms with Crippen LogP contribution in [0.15, 0.2) is 23.1 Å². The second kappa shape index (κ2) is 6.67. The van der Waals surface area contributed by atoms with Crippen LogP contribution in [0.2, 0.25) is 5.02 Å². The highest BCUT2D eigenvalue weighted by atomic mass is 35.5. The van der Waals surface area contributed by atoms with Crippen LogP contribution in [-0.2, 0) is 0 Å². The Hall–Kier alpha value is -0.670. The summed E-state index contributed by atoms with van der Waals surface area (Å²) in [5.41, 5.74) is 0.556. The Balaban J connectivity index is 2.15. The van der Waals surface area contributed by atoms with Crippen LogP contribution in [0, 0.1) is 0 Å². The lowest BCUT2D eigenvalue weighted by Gasteiger charge is -2.27. The molecule has 2 nitrogen and oxygen atoms in total. The summed E-state index contributed by atoms with van der Waals surface area (Å²) in [6, 6.07) is 5.63. The molecule has 0 aliphatic heterocycles. The van der Waals surface area contributed by atoms with Crippen LogP contribution in [-0.4, -0.2) is 23.9 Å². The normalized spacial score (nSPS) is 17.0. The first-order valence-corrected chi connectivity index (χ1v) is 7.68. The Bertz CT molecular complexity index is 455. The molecule has 1 aromatic carbocycles. The summed E-state index contributed by atoms with van der Waals surface area (Å²) in [6.45, 7) is 0. The maximum Gasteiger partial charge on any atom is 0.255 e. The molecule has 1 saturated carbocycles. The van der Waals surface area contributed by atoms with Crippen molar-refractivity contribution < 1.29 is 4.79 Å². The molecule has 2 rings (SSSR count). The fourth-order valence-corrected chi connectivity index (χ4v) is 3.08. The summed E-state index contributed by atoms with van der Waals surface area (Å²) >= 11 is 10.4. The molecule has 104 valence electrons. The molecule has 1 amide bonds. The van der Waals surface area contributed by atoms with E-state index in [1.807, 2.05) is 11.9 Å². The van der Waals surface area contributed by atoms with Gasteiger partial charge in [0.05, 0.1) is 10.6 Å². The number of amides is 1. The average Bonchev–Trinajstić information content (AvgIpc) is 2.69. The number of rotatable bonds is 2. The van der Waals surface area contributed by atoms with Crippen molar-refractivity contribution in [1.82, 2.24) is 4.90 Å². The Morgan fingerprint density at radius 3 is 2.53 bits per heavy atom. The molecule has 0 radical (unpaired) electrons. The summed E-state index contributed by atoms with van der Waals surface area (Å²) in [4.78, 5) is 15.2. The van der Waals surface area contributed by atoms with Gasteiger partial charge in [0.2, 0.25) is 0 Å². The number of benzene rings is 1. The third-order valence-electron chi connectivity index (χ3n) is 3.87. The van der Waals surface area contributed by atoms with Crippen molar-refractivity contribution in [3.63, 3.8) is 0 Å². The van der Waals surface area contributed by atoms with E-state index >= 15 is 0 Å². The van der Waals surface area contributed by atoms with Crippen molar-refractivity contribution in [3.8, 4) is 0 Å². The minimum absolute atomic E-state index is 0.00722. The molecular formula is C15H20ClNOS. The Kier molecular flexibility index (Phi) is 5.17. The van der Waals surface area contributed by atoms with Gasteiger partial charge in [-0.3, -0.25) is 4.79 Å². The fraction of sp³-hybridized carbons (Fsp3) is 0.533. The van der Waals surface area contributed by atoms with Crippen molar-refractivity contribution in [2.45, 2.75) is 49.5 Å². The number of hydrogen-bond donors (Lipinski definition) is 1. The van der Waals surface area contributed by atoms with E-state index in [0.29, 0.717) is 16.6 Å². The average molecular weight is 298 g/mol. The predicted octanol–water partition coefficient (Wildman–Crippen LogP) is 4.42. The molecule has 1 fully saturated rings. The van der Waals surface area contributed by atoms with Crippen molar-refractivity contribution in [3.05, 3.63) is 28.8 Å². The van der Waals surface area contributed by atoms with Gasteiger partial charge in [-0.2, -0.15) is 0 Å². The van der Waals surface area contributed by atoms with Gasteiger partial charge in [0, 0.05) is 18.0 Å². The van der Waals surface area contributed by atoms with Gasteiger partial charge in [-0.25, -0.2) is 0 Å². The molecule has 1 aliphatic rings. The highest BCUT2D eigenvalue weighted by Crippen LogP contribution is 2.25. The van der Waals surface area contributed by atoms with Gasteiger partial charge in [-0.1, -0.05) is 37.3 Å². The smallest absolute Gasteiger partial charge is 0.255 e. The molecule has 0 unspecified atom stereocenters. The van der Waals surface area contributed by atoms with Crippen LogP contribution < -0.4 is 0 Å². The Morgan fingerprint density at radius 2 is 1.89 bits per heavy atom. The van der Waals surface area contributed by atoms with Crippen LogP contribution in [0.4, 0.5) is 0 Å². The zero-order valence-corrected chi connectivity index (χ0v) is 12.9. The van der Waals surface area contributed by atoms with Gasteiger partial charge in [-0.05, 0) is 31.0 Å². The molecular weight excluding hydrogens is 278 g/mol. The van der Waals surface area contributed by atoms with E-state index in [2.05, 4.69) is 12.6 Å². The zero-order valence-electron chi connectivity index (χ0n) is 11.2. The highest BCUT2D eigenvalue weighted by molar-refractivity contribution is 7.80. The number of carbonyl (C=O) groups excluding carboxylic acids is 1. The van der Waals surface area contributed by atoms with Crippen LogP contribution in [0.3, 0.4) is 0 Å². The quantitative estimate of drug-likeness (QED) is 0.633. The second-order valence-corrected chi connectivity index (χ2v) is 6.15. The molecule has 0 heterocycles. The van der Waals surface area contributed by atoms with Crippen LogP contribution in [0.25, 0.3) is 0 Å². The molecule has 0 atom stereocenters. The lowest BCUT2D eigenvalue weighted by atomic mass is 10.1. The highest BCUT2D eigenvalue weighted by Gasteiger charge is 2.23. The topological polar surface area (TPSA) is 20.3 Å². The van der Waals surface area contributed by atoms with Gasteiger partial charge in [0.25, 0.3) is 5.91 Å². The molecule has 0 spiro atoms. The largest absolute Gasteiger partial charge is 0.339 e. The lowest BCUT2D eigenvalue weighted by molar-refractivity contribution is 0.0717. The molecule has 19 heavy (non-hydrogen) atoms. The number of carbonyl (C=O) groups is 1. The van der Waals surface area contributed by atoms with Gasteiger partial charge >= 0.3 is 0 Å². The Labute approximate surface area is 125 Å². The van der Waals surface area contributed by atoms with Gasteiger partial charge in [0.1, 0.15) is 0 Å². The summed E-state index contributed by atoms with van der Waals surface area (Å²) in [6.07, 6.45) is 7.18. The van der Waals surface area contributed by atoms with E-state index in [1.165, 1.54) is 25.7 Å². The van der Waals surface area contributed by atoms with Gasteiger partial charge in [-0.15, -0.1) is 12.6 Å². The first-order chi connectivity index (χ1) is 9.09. The van der Waals surface area contributed by atoms with E-state index in [-0.39, 0.29) is 5.91 Å². The summed E-state index contributed by atoms with van der Waals surface area (Å²) in [5, 5.41) is 0.503. The summed E-state index contributed by atoms with van der Waals surface area (Å²) in [7, 11) is 1.89. The second-order valence-electron chi connectivity index (χ2n) is 5.23. The monoisotopic (exact) mass is 297 g/mol. The minimum atomic E-state index is 0.00722. The van der Waals surface area contributed by atoms with Crippen LogP contribution in [0.5, 0.6) is 0 Å². The van der Waals surface area contributed by atoms with E-state index in [0.717, 1.165) is 17.7 Å². The first-order valence-electron chi connectivity index (χ1n) is 6.85. The number of nitrogens with zero attached hydrogens (tertiary/aromatic N) is 1. The SMILES string of the molecule is CN(C(=O)c1cc(S)ccc1Cl)C1CCCCCC1. The lowest BCUT2D eigenvalue weighted by Crippen LogP contribution is -2.36. The molecule has 1 aromatic rings. The molecule has 0 aromatic heterocycles. The van der Waals surface area contributed by atoms with E-state index in [9.17, 15) is 4.79 Å². The van der Waals surface area contributed by atoms with Crippen molar-refractivity contribution >= 4 is 30.1 Å². The van der Waals surface area contributed by atoms with Crippen molar-refractivity contribution in [2.75, 3.05) is 7.05 Å². The van der Waals surface area contributed by atoms with Crippen molar-refractivity contribution in [1.29, 1.82) is 0 Å². The summed E-state index contributed by atoms with van der Waals surface area (Å²) in [5.74, 6) is 0.00722. The number of thiol groups is 1. The first kappa shape index (κ1) is 14.7. The molecule has 1 aliphatic carbocycles. The number of halogens is 1. The van der Waals surface area contributed by atoms with Crippen LogP contribution in [0.1, 0.15) is 48.9 Å². The molecule has 4 heteroatoms. The van der Waals surface area contributed by atoms with Crippen molar-refractivity contribution in [2.24, 2.45) is 0 Å². The van der Waals surface area contributed by atoms with Crippen LogP contribution >= 0.6 is 24.2 Å². The van der Waals surface area contributed by atoms with E-state index in [4.69, 9.17) is 11.6 Å². The van der Waals surface area contributed by atoms with E-state index in [1.54, 1.807) is 18.2 Å². The Morgan fingerprint density at radius 1 is 1.26 bits per heavy atom. The minimum Gasteiger partial charge on any atom is -0.339 e. The molecule has 0 saturated heterocycles. The number of hydrogen-bond acceptors (Lipinski definition) is 2. The standard InChI is InChI=1S/C15H20ClNOS/c1-17(11-6-4-2-3-5-7-11)15(18)13-10-12(19)8-9-14(13)16/h8-11,19H,2-7H2,1H3. The molecule has 0 bridgehead atoms. The predicted molar refractivity (Wildman–Crippen MR) is 82.3 cm³/mol. The fourth-order valence-electron chi connectivity index (χ4n) is 2.68. The molecule has 0 N–H and O–H groups in total. The maximum atomic E-state index is 12.5. The van der Waals surface area contributed by atoms with Gasteiger partial charge in [0.15, 0.2) is 0 Å².